The lowest BCUT2D eigenvalue weighted by molar-refractivity contribution is -0.137. The third-order valence-electron chi connectivity index (χ3n) is 2.45. The molecule has 78 valence electrons. The molecule has 0 radical (unpaired) electrons. The minimum atomic E-state index is -4.37. The zero-order chi connectivity index (χ0) is 10.4. The molecule has 2 nitrogen and oxygen atoms in total. The summed E-state index contributed by atoms with van der Waals surface area (Å²) in [7, 11) is 0. The van der Waals surface area contributed by atoms with Gasteiger partial charge in [0.1, 0.15) is 0 Å². The number of alkyl halides is 3. The van der Waals surface area contributed by atoms with E-state index in [9.17, 15) is 13.2 Å². The number of thiazole rings is 1. The lowest BCUT2D eigenvalue weighted by atomic mass is 10.1. The number of aliphatic hydroxyl groups is 1. The number of rotatable bonds is 2. The van der Waals surface area contributed by atoms with Crippen LogP contribution in [0.15, 0.2) is 5.38 Å². The largest absolute Gasteiger partial charge is 0.443 e. The van der Waals surface area contributed by atoms with Crippen molar-refractivity contribution in [1.82, 2.24) is 4.98 Å². The van der Waals surface area contributed by atoms with Crippen molar-refractivity contribution >= 4 is 11.3 Å². The minimum Gasteiger partial charge on any atom is -0.395 e. The van der Waals surface area contributed by atoms with Gasteiger partial charge in [0.05, 0.1) is 12.3 Å². The Kier molecular flexibility index (Phi) is 2.08. The first kappa shape index (κ1) is 9.92. The Bertz CT molecular complexity index is 343. The minimum absolute atomic E-state index is 0.117. The van der Waals surface area contributed by atoms with Crippen LogP contribution in [-0.4, -0.2) is 16.7 Å². The van der Waals surface area contributed by atoms with Gasteiger partial charge in [-0.2, -0.15) is 13.2 Å². The molecule has 0 aromatic carbocycles. The maximum absolute atomic E-state index is 12.2. The van der Waals surface area contributed by atoms with E-state index < -0.39 is 16.6 Å². The quantitative estimate of drug-likeness (QED) is 0.833. The summed E-state index contributed by atoms with van der Waals surface area (Å²) in [5.74, 6) is 0. The maximum Gasteiger partial charge on any atom is 0.443 e. The summed E-state index contributed by atoms with van der Waals surface area (Å²) in [4.78, 5) is 3.52. The first-order valence-corrected chi connectivity index (χ1v) is 5.00. The average Bonchev–Trinajstić information content (AvgIpc) is 2.73. The van der Waals surface area contributed by atoms with Crippen LogP contribution in [0.25, 0.3) is 0 Å². The van der Waals surface area contributed by atoms with Gasteiger partial charge in [-0.3, -0.25) is 0 Å². The standard InChI is InChI=1S/C8H8F3NOS/c9-8(10,11)6-12-5(3-14-6)7(4-13)1-2-7/h3,13H,1-2,4H2. The zero-order valence-electron chi connectivity index (χ0n) is 7.14. The van der Waals surface area contributed by atoms with Crippen LogP contribution < -0.4 is 0 Å². The number of nitrogens with zero attached hydrogens (tertiary/aromatic N) is 1. The number of aromatic nitrogens is 1. The van der Waals surface area contributed by atoms with Crippen molar-refractivity contribution in [3.05, 3.63) is 16.1 Å². The van der Waals surface area contributed by atoms with Crippen molar-refractivity contribution < 1.29 is 18.3 Å². The molecule has 0 bridgehead atoms. The van der Waals surface area contributed by atoms with Gasteiger partial charge in [0, 0.05) is 10.8 Å². The molecule has 1 aliphatic carbocycles. The molecule has 0 spiro atoms. The van der Waals surface area contributed by atoms with E-state index in [-0.39, 0.29) is 6.61 Å². The summed E-state index contributed by atoms with van der Waals surface area (Å²) in [6.07, 6.45) is -2.91. The fraction of sp³-hybridized carbons (Fsp3) is 0.625. The summed E-state index contributed by atoms with van der Waals surface area (Å²) in [6.45, 7) is -0.117. The Morgan fingerprint density at radius 1 is 1.50 bits per heavy atom. The molecule has 1 aromatic rings. The highest BCUT2D eigenvalue weighted by Crippen LogP contribution is 2.48. The van der Waals surface area contributed by atoms with Gasteiger partial charge in [-0.15, -0.1) is 11.3 Å². The molecule has 6 heteroatoms. The van der Waals surface area contributed by atoms with Crippen LogP contribution in [0.3, 0.4) is 0 Å². The van der Waals surface area contributed by atoms with Gasteiger partial charge in [0.15, 0.2) is 5.01 Å². The van der Waals surface area contributed by atoms with E-state index in [2.05, 4.69) is 4.98 Å². The normalized spacial score (nSPS) is 19.7. The highest BCUT2D eigenvalue weighted by molar-refractivity contribution is 7.09. The molecule has 1 N–H and O–H groups in total. The van der Waals surface area contributed by atoms with E-state index in [1.165, 1.54) is 5.38 Å². The van der Waals surface area contributed by atoms with Crippen LogP contribution in [0.2, 0.25) is 0 Å². The van der Waals surface area contributed by atoms with Crippen LogP contribution in [0.1, 0.15) is 23.5 Å². The van der Waals surface area contributed by atoms with E-state index in [4.69, 9.17) is 5.11 Å². The molecule has 0 unspecified atom stereocenters. The van der Waals surface area contributed by atoms with Gasteiger partial charge in [-0.25, -0.2) is 4.98 Å². The summed E-state index contributed by atoms with van der Waals surface area (Å²) in [6, 6.07) is 0. The van der Waals surface area contributed by atoms with E-state index >= 15 is 0 Å². The van der Waals surface area contributed by atoms with Crippen molar-refractivity contribution in [3.63, 3.8) is 0 Å². The van der Waals surface area contributed by atoms with Gasteiger partial charge in [-0.1, -0.05) is 0 Å². The van der Waals surface area contributed by atoms with Crippen LogP contribution in [0.5, 0.6) is 0 Å². The highest BCUT2D eigenvalue weighted by Gasteiger charge is 2.47. The lowest BCUT2D eigenvalue weighted by Crippen LogP contribution is -2.13. The van der Waals surface area contributed by atoms with Crippen LogP contribution in [-0.2, 0) is 11.6 Å². The van der Waals surface area contributed by atoms with Crippen LogP contribution in [0.4, 0.5) is 13.2 Å². The Balaban J connectivity index is 2.27. The van der Waals surface area contributed by atoms with Crippen LogP contribution in [0, 0.1) is 0 Å². The van der Waals surface area contributed by atoms with Gasteiger partial charge in [-0.05, 0) is 12.8 Å². The van der Waals surface area contributed by atoms with Crippen molar-refractivity contribution in [1.29, 1.82) is 0 Å². The zero-order valence-corrected chi connectivity index (χ0v) is 7.95. The third kappa shape index (κ3) is 1.52. The van der Waals surface area contributed by atoms with Gasteiger partial charge in [0.25, 0.3) is 0 Å². The van der Waals surface area contributed by atoms with Crippen molar-refractivity contribution in [2.45, 2.75) is 24.4 Å². The van der Waals surface area contributed by atoms with Crippen molar-refractivity contribution in [3.8, 4) is 0 Å². The summed E-state index contributed by atoms with van der Waals surface area (Å²) in [5, 5.41) is 9.57. The Morgan fingerprint density at radius 3 is 2.50 bits per heavy atom. The molecule has 0 amide bonds. The fourth-order valence-corrected chi connectivity index (χ4v) is 2.10. The molecule has 1 heterocycles. The van der Waals surface area contributed by atoms with E-state index in [1.54, 1.807) is 0 Å². The number of halogens is 3. The lowest BCUT2D eigenvalue weighted by Gasteiger charge is -2.06. The molecule has 1 aromatic heterocycles. The van der Waals surface area contributed by atoms with Crippen LogP contribution >= 0.6 is 11.3 Å². The monoisotopic (exact) mass is 223 g/mol. The molecule has 1 fully saturated rings. The second-order valence-electron chi connectivity index (χ2n) is 3.47. The fourth-order valence-electron chi connectivity index (χ4n) is 1.29. The maximum atomic E-state index is 12.2. The SMILES string of the molecule is OCC1(c2csc(C(F)(F)F)n2)CC1. The predicted molar refractivity (Wildman–Crippen MR) is 45.1 cm³/mol. The van der Waals surface area contributed by atoms with Gasteiger partial charge >= 0.3 is 6.18 Å². The molecule has 0 atom stereocenters. The topological polar surface area (TPSA) is 33.1 Å². The number of hydrogen-bond donors (Lipinski definition) is 1. The third-order valence-corrected chi connectivity index (χ3v) is 3.33. The van der Waals surface area contributed by atoms with Crippen molar-refractivity contribution in [2.24, 2.45) is 0 Å². The average molecular weight is 223 g/mol. The summed E-state index contributed by atoms with van der Waals surface area (Å²) in [5.41, 5.74) is -0.0858. The molecule has 0 aliphatic heterocycles. The smallest absolute Gasteiger partial charge is 0.395 e. The first-order chi connectivity index (χ1) is 6.48. The molecular formula is C8H8F3NOS. The second-order valence-corrected chi connectivity index (χ2v) is 4.33. The highest BCUT2D eigenvalue weighted by atomic mass is 32.1. The first-order valence-electron chi connectivity index (χ1n) is 4.12. The molecule has 1 saturated carbocycles. The predicted octanol–water partition coefficient (Wildman–Crippen LogP) is 2.19. The molecule has 14 heavy (non-hydrogen) atoms. The Hall–Kier alpha value is -0.620. The van der Waals surface area contributed by atoms with E-state index in [0.717, 1.165) is 12.8 Å². The van der Waals surface area contributed by atoms with Gasteiger partial charge in [0.2, 0.25) is 0 Å². The number of aliphatic hydroxyl groups excluding tert-OH is 1. The van der Waals surface area contributed by atoms with E-state index in [0.29, 0.717) is 17.0 Å². The Labute approximate surface area is 82.4 Å². The molecule has 1 aliphatic rings. The van der Waals surface area contributed by atoms with Crippen molar-refractivity contribution in [2.75, 3.05) is 6.61 Å². The second kappa shape index (κ2) is 2.93. The molecule has 0 saturated heterocycles. The van der Waals surface area contributed by atoms with Gasteiger partial charge < -0.3 is 5.11 Å². The number of hydrogen-bond acceptors (Lipinski definition) is 3. The Morgan fingerprint density at radius 2 is 2.14 bits per heavy atom. The molecule has 2 rings (SSSR count). The summed E-state index contributed by atoms with van der Waals surface area (Å²) < 4.78 is 36.6. The summed E-state index contributed by atoms with van der Waals surface area (Å²) >= 11 is 0.592. The van der Waals surface area contributed by atoms with E-state index in [1.807, 2.05) is 0 Å². The molecular weight excluding hydrogens is 215 g/mol.